The highest BCUT2D eigenvalue weighted by Crippen LogP contribution is 1.65. The van der Waals surface area contributed by atoms with Crippen LogP contribution in [-0.4, -0.2) is 7.55 Å². The molecule has 1 rings (SSSR count). The summed E-state index contributed by atoms with van der Waals surface area (Å²) in [5, 5.41) is 9.47. The fourth-order valence-electron chi connectivity index (χ4n) is 0.177. The predicted molar refractivity (Wildman–Crippen MR) is 18.3 cm³/mol. The van der Waals surface area contributed by atoms with E-state index in [9.17, 15) is 0 Å². The second-order valence-corrected chi connectivity index (χ2v) is 0.688. The molecule has 0 aromatic heterocycles. The van der Waals surface area contributed by atoms with Gasteiger partial charge in [0.15, 0.2) is 0 Å². The van der Waals surface area contributed by atoms with Gasteiger partial charge in [0.25, 0.3) is 0 Å². The molecule has 1 aliphatic heterocycles. The molecule has 0 saturated carbocycles. The Bertz CT molecular complexity index is 41.6. The minimum absolute atomic E-state index is 0.597. The third-order valence-electron chi connectivity index (χ3n) is 0.350. The molecular formula is H3BN4. The normalized spacial score (nSPS) is 17.6. The van der Waals surface area contributed by atoms with Gasteiger partial charge in [-0.1, -0.05) is 5.22 Å². The molecule has 26 valence electrons. The third kappa shape index (κ3) is 0.355. The summed E-state index contributed by atoms with van der Waals surface area (Å²) in [6.07, 6.45) is 0. The topological polar surface area (TPSA) is 48.8 Å². The van der Waals surface area contributed by atoms with Gasteiger partial charge in [-0.3, -0.25) is 0 Å². The van der Waals surface area contributed by atoms with Gasteiger partial charge in [-0.25, -0.2) is 15.9 Å². The fraction of sp³-hybridized carbons (Fsp3) is 0. The van der Waals surface area contributed by atoms with E-state index in [1.807, 2.05) is 0 Å². The van der Waals surface area contributed by atoms with Crippen LogP contribution in [0.2, 0.25) is 0 Å². The van der Waals surface area contributed by atoms with E-state index in [0.717, 1.165) is 0 Å². The molecule has 1 aliphatic rings. The van der Waals surface area contributed by atoms with Gasteiger partial charge in [0.2, 0.25) is 0 Å². The molecule has 2 N–H and O–H groups in total. The van der Waals surface area contributed by atoms with E-state index in [2.05, 4.69) is 21.1 Å². The molecule has 0 atom stereocenters. The summed E-state index contributed by atoms with van der Waals surface area (Å²) in [5.41, 5.74) is 2.43. The van der Waals surface area contributed by atoms with Crippen molar-refractivity contribution in [1.29, 1.82) is 0 Å². The Kier molecular flexibility index (Phi) is 0.545. The summed E-state index contributed by atoms with van der Waals surface area (Å²) < 4.78 is 0. The van der Waals surface area contributed by atoms with E-state index in [1.165, 1.54) is 0 Å². The van der Waals surface area contributed by atoms with Crippen LogP contribution in [-0.2, 0) is 0 Å². The van der Waals surface area contributed by atoms with E-state index in [-0.39, 0.29) is 0 Å². The number of nitrogens with one attached hydrogen (secondary N) is 2. The summed E-state index contributed by atoms with van der Waals surface area (Å²) in [5.74, 6) is 0. The van der Waals surface area contributed by atoms with Gasteiger partial charge < -0.3 is 0 Å². The van der Waals surface area contributed by atoms with E-state index in [1.54, 1.807) is 0 Å². The second-order valence-electron chi connectivity index (χ2n) is 0.688. The number of hydrazine groups is 1. The highest BCUT2D eigenvalue weighted by Gasteiger charge is 1.86. The average Bonchev–Trinajstić information content (AvgIpc) is 1.76. The van der Waals surface area contributed by atoms with Crippen molar-refractivity contribution >= 4 is 7.55 Å². The zero-order valence-corrected chi connectivity index (χ0v) is 2.60. The van der Waals surface area contributed by atoms with E-state index >= 15 is 0 Å². The van der Waals surface area contributed by atoms with Crippen LogP contribution in [0, 0.1) is 0 Å². The summed E-state index contributed by atoms with van der Waals surface area (Å²) in [7, 11) is 0.597. The third-order valence-corrected chi connectivity index (χ3v) is 0.350. The smallest absolute Gasteiger partial charge is 0.235 e. The molecule has 0 spiro atoms. The van der Waals surface area contributed by atoms with Crippen LogP contribution < -0.4 is 10.9 Å². The second kappa shape index (κ2) is 1.03. The quantitative estimate of drug-likeness (QED) is 0.349. The number of nitrogens with zero attached hydrogens (tertiary/aromatic N) is 2. The van der Waals surface area contributed by atoms with Gasteiger partial charge >= 0.3 is 7.55 Å². The van der Waals surface area contributed by atoms with Crippen molar-refractivity contribution < 1.29 is 0 Å². The lowest BCUT2D eigenvalue weighted by Crippen LogP contribution is -2.22. The molecule has 0 aromatic carbocycles. The molecule has 1 heterocycles. The van der Waals surface area contributed by atoms with Gasteiger partial charge in [0.05, 0.1) is 0 Å². The van der Waals surface area contributed by atoms with Gasteiger partial charge in [-0.2, -0.15) is 0 Å². The van der Waals surface area contributed by atoms with E-state index in [4.69, 9.17) is 0 Å². The van der Waals surface area contributed by atoms with Crippen LogP contribution in [0.25, 0.3) is 0 Å². The molecular weight excluding hydrogens is 66.8 g/mol. The Hall–Kier alpha value is -0.575. The fourth-order valence-corrected chi connectivity index (χ4v) is 0.177. The highest BCUT2D eigenvalue weighted by molar-refractivity contribution is 6.29. The maximum absolute atomic E-state index is 3.49. The first kappa shape index (κ1) is 2.65. The Morgan fingerprint density at radius 1 is 1.60 bits per heavy atom. The Morgan fingerprint density at radius 2 is 2.60 bits per heavy atom. The lowest BCUT2D eigenvalue weighted by molar-refractivity contribution is 0.728. The maximum atomic E-state index is 3.49. The zero-order valence-electron chi connectivity index (χ0n) is 2.60. The van der Waals surface area contributed by atoms with Crippen molar-refractivity contribution in [2.24, 2.45) is 10.2 Å². The monoisotopic (exact) mass is 70.0 g/mol. The van der Waals surface area contributed by atoms with Crippen LogP contribution >= 0.6 is 0 Å². The van der Waals surface area contributed by atoms with Gasteiger partial charge in [0, 0.05) is 0 Å². The summed E-state index contributed by atoms with van der Waals surface area (Å²) in [6.45, 7) is 0. The highest BCUT2D eigenvalue weighted by atomic mass is 15.6. The average molecular weight is 69.9 g/mol. The predicted octanol–water partition coefficient (Wildman–Crippen LogP) is -1.27. The Labute approximate surface area is 29.9 Å². The van der Waals surface area contributed by atoms with E-state index in [0.29, 0.717) is 7.55 Å². The summed E-state index contributed by atoms with van der Waals surface area (Å²) >= 11 is 0. The Morgan fingerprint density at radius 3 is 2.80 bits per heavy atom. The first-order chi connectivity index (χ1) is 2.50. The first-order valence-corrected chi connectivity index (χ1v) is 1.34. The summed E-state index contributed by atoms with van der Waals surface area (Å²) in [6, 6.07) is 0. The van der Waals surface area contributed by atoms with Crippen molar-refractivity contribution in [2.45, 2.75) is 0 Å². The van der Waals surface area contributed by atoms with Gasteiger partial charge in [-0.05, 0) is 0 Å². The van der Waals surface area contributed by atoms with Crippen LogP contribution in [0.4, 0.5) is 0 Å². The molecule has 0 saturated heterocycles. The van der Waals surface area contributed by atoms with Gasteiger partial charge in [-0.15, -0.1) is 0 Å². The molecule has 4 nitrogen and oxygen atoms in total. The zero-order chi connectivity index (χ0) is 3.54. The lowest BCUT2D eigenvalue weighted by Gasteiger charge is -1.76. The number of rotatable bonds is 0. The van der Waals surface area contributed by atoms with Crippen LogP contribution in [0.1, 0.15) is 0 Å². The van der Waals surface area contributed by atoms with Crippen molar-refractivity contribution in [2.75, 3.05) is 0 Å². The standard InChI is InChI=1S/BH3N4/c1-2-4-5-3-1/h1H,(H,2,5)(H,3,4). The maximum Gasteiger partial charge on any atom is 0.392 e. The molecule has 5 heteroatoms. The van der Waals surface area contributed by atoms with E-state index < -0.39 is 0 Å². The number of hydrogen-bond acceptors (Lipinski definition) is 4. The van der Waals surface area contributed by atoms with Crippen molar-refractivity contribution in [3.63, 3.8) is 0 Å². The summed E-state index contributed by atoms with van der Waals surface area (Å²) in [4.78, 5) is 0. The minimum Gasteiger partial charge on any atom is -0.235 e. The van der Waals surface area contributed by atoms with Crippen LogP contribution in [0.3, 0.4) is 0 Å². The van der Waals surface area contributed by atoms with Crippen molar-refractivity contribution in [3.05, 3.63) is 0 Å². The molecule has 0 unspecified atom stereocenters. The van der Waals surface area contributed by atoms with Gasteiger partial charge in [0.1, 0.15) is 0 Å². The van der Waals surface area contributed by atoms with Crippen LogP contribution in [0.15, 0.2) is 10.2 Å². The molecule has 0 bridgehead atoms. The van der Waals surface area contributed by atoms with Crippen LogP contribution in [0.5, 0.6) is 0 Å². The number of hydrogen-bond donors (Lipinski definition) is 2. The molecule has 0 radical (unpaired) electrons. The van der Waals surface area contributed by atoms with Crippen molar-refractivity contribution in [1.82, 2.24) is 10.9 Å². The molecule has 5 heavy (non-hydrogen) atoms. The Balaban J connectivity index is 2.32. The molecule has 0 fully saturated rings. The lowest BCUT2D eigenvalue weighted by atomic mass is 10.3. The first-order valence-electron chi connectivity index (χ1n) is 1.34. The van der Waals surface area contributed by atoms with Crippen molar-refractivity contribution in [3.8, 4) is 0 Å². The minimum atomic E-state index is 0.597. The molecule has 0 aromatic rings. The molecule has 0 aliphatic carbocycles. The molecule has 0 amide bonds. The largest absolute Gasteiger partial charge is 0.392 e. The SMILES string of the molecule is B1N=NNN1.